The Morgan fingerprint density at radius 2 is 2.17 bits per heavy atom. The Bertz CT molecular complexity index is 521. The summed E-state index contributed by atoms with van der Waals surface area (Å²) >= 11 is 0. The SMILES string of the molecule is COCCOc1cccc(NC(=O)C2CC3CCCCC3N2)c1. The second-order valence-corrected chi connectivity index (χ2v) is 6.46. The third-order valence-electron chi connectivity index (χ3n) is 4.84. The van der Waals surface area contributed by atoms with E-state index in [1.54, 1.807) is 7.11 Å². The van der Waals surface area contributed by atoms with Crippen LogP contribution in [0.5, 0.6) is 5.75 Å². The van der Waals surface area contributed by atoms with E-state index in [2.05, 4.69) is 10.6 Å². The van der Waals surface area contributed by atoms with Crippen LogP contribution in [-0.4, -0.2) is 38.3 Å². The van der Waals surface area contributed by atoms with Crippen LogP contribution in [0.15, 0.2) is 24.3 Å². The molecule has 5 heteroatoms. The number of rotatable bonds is 6. The number of carbonyl (C=O) groups excluding carboxylic acids is 1. The van der Waals surface area contributed by atoms with Crippen LogP contribution in [-0.2, 0) is 9.53 Å². The number of carbonyl (C=O) groups is 1. The minimum atomic E-state index is -0.0684. The monoisotopic (exact) mass is 318 g/mol. The van der Waals surface area contributed by atoms with E-state index in [1.807, 2.05) is 24.3 Å². The van der Waals surface area contributed by atoms with Crippen molar-refractivity contribution in [2.45, 2.75) is 44.2 Å². The van der Waals surface area contributed by atoms with Gasteiger partial charge < -0.3 is 20.1 Å². The predicted molar refractivity (Wildman–Crippen MR) is 89.7 cm³/mol. The molecular formula is C18H26N2O3. The fourth-order valence-corrected chi connectivity index (χ4v) is 3.66. The van der Waals surface area contributed by atoms with E-state index in [9.17, 15) is 4.79 Å². The fraction of sp³-hybridized carbons (Fsp3) is 0.611. The second-order valence-electron chi connectivity index (χ2n) is 6.46. The Balaban J connectivity index is 1.54. The van der Waals surface area contributed by atoms with E-state index in [0.29, 0.717) is 25.2 Å². The van der Waals surface area contributed by atoms with Gasteiger partial charge in [0, 0.05) is 24.9 Å². The number of methoxy groups -OCH3 is 1. The van der Waals surface area contributed by atoms with Crippen LogP contribution in [0.1, 0.15) is 32.1 Å². The first-order valence-corrected chi connectivity index (χ1v) is 8.55. The van der Waals surface area contributed by atoms with E-state index < -0.39 is 0 Å². The van der Waals surface area contributed by atoms with Gasteiger partial charge in [-0.05, 0) is 37.3 Å². The Labute approximate surface area is 137 Å². The van der Waals surface area contributed by atoms with Crippen molar-refractivity contribution in [1.82, 2.24) is 5.32 Å². The van der Waals surface area contributed by atoms with Gasteiger partial charge in [0.05, 0.1) is 12.6 Å². The molecule has 1 amide bonds. The molecule has 3 unspecified atom stereocenters. The number of ether oxygens (including phenoxy) is 2. The topological polar surface area (TPSA) is 59.6 Å². The molecule has 1 saturated heterocycles. The molecule has 2 aliphatic rings. The summed E-state index contributed by atoms with van der Waals surface area (Å²) in [5.41, 5.74) is 0.779. The lowest BCUT2D eigenvalue weighted by molar-refractivity contribution is -0.117. The molecule has 0 bridgehead atoms. The average molecular weight is 318 g/mol. The summed E-state index contributed by atoms with van der Waals surface area (Å²) in [6.45, 7) is 1.05. The molecule has 1 aliphatic heterocycles. The summed E-state index contributed by atoms with van der Waals surface area (Å²) in [4.78, 5) is 12.5. The zero-order chi connectivity index (χ0) is 16.1. The molecule has 126 valence electrons. The van der Waals surface area contributed by atoms with Crippen molar-refractivity contribution in [3.63, 3.8) is 0 Å². The molecule has 1 saturated carbocycles. The standard InChI is InChI=1S/C18H26N2O3/c1-22-9-10-23-15-7-4-6-14(12-15)19-18(21)17-11-13-5-2-3-8-16(13)20-17/h4,6-7,12-13,16-17,20H,2-3,5,8-11H2,1H3,(H,19,21). The molecule has 0 radical (unpaired) electrons. The van der Waals surface area contributed by atoms with Crippen molar-refractivity contribution in [1.29, 1.82) is 0 Å². The van der Waals surface area contributed by atoms with Gasteiger partial charge >= 0.3 is 0 Å². The predicted octanol–water partition coefficient (Wildman–Crippen LogP) is 2.57. The van der Waals surface area contributed by atoms with E-state index in [1.165, 1.54) is 25.7 Å². The lowest BCUT2D eigenvalue weighted by Gasteiger charge is -2.24. The van der Waals surface area contributed by atoms with Gasteiger partial charge in [0.2, 0.25) is 5.91 Å². The highest BCUT2D eigenvalue weighted by Gasteiger charge is 2.38. The third-order valence-corrected chi connectivity index (χ3v) is 4.84. The zero-order valence-corrected chi connectivity index (χ0v) is 13.7. The highest BCUT2D eigenvalue weighted by atomic mass is 16.5. The molecular weight excluding hydrogens is 292 g/mol. The van der Waals surface area contributed by atoms with Crippen molar-refractivity contribution in [3.05, 3.63) is 24.3 Å². The zero-order valence-electron chi connectivity index (χ0n) is 13.7. The molecule has 3 rings (SSSR count). The van der Waals surface area contributed by atoms with Gasteiger partial charge in [0.25, 0.3) is 0 Å². The van der Waals surface area contributed by atoms with Gasteiger partial charge in [-0.1, -0.05) is 18.9 Å². The molecule has 2 N–H and O–H groups in total. The first-order chi connectivity index (χ1) is 11.3. The number of anilines is 1. The smallest absolute Gasteiger partial charge is 0.241 e. The minimum absolute atomic E-state index is 0.0634. The minimum Gasteiger partial charge on any atom is -0.491 e. The van der Waals surface area contributed by atoms with Crippen LogP contribution in [0.3, 0.4) is 0 Å². The lowest BCUT2D eigenvalue weighted by Crippen LogP contribution is -2.39. The van der Waals surface area contributed by atoms with Gasteiger partial charge in [0.1, 0.15) is 12.4 Å². The van der Waals surface area contributed by atoms with Crippen molar-refractivity contribution >= 4 is 11.6 Å². The highest BCUT2D eigenvalue weighted by Crippen LogP contribution is 2.33. The molecule has 1 heterocycles. The maximum atomic E-state index is 12.5. The van der Waals surface area contributed by atoms with Gasteiger partial charge in [-0.15, -0.1) is 0 Å². The van der Waals surface area contributed by atoms with Gasteiger partial charge in [-0.3, -0.25) is 4.79 Å². The van der Waals surface area contributed by atoms with Crippen LogP contribution < -0.4 is 15.4 Å². The molecule has 23 heavy (non-hydrogen) atoms. The van der Waals surface area contributed by atoms with Crippen LogP contribution in [0.2, 0.25) is 0 Å². The van der Waals surface area contributed by atoms with E-state index in [-0.39, 0.29) is 11.9 Å². The van der Waals surface area contributed by atoms with Crippen molar-refractivity contribution in [2.24, 2.45) is 5.92 Å². The summed E-state index contributed by atoms with van der Waals surface area (Å²) in [6.07, 6.45) is 6.00. The van der Waals surface area contributed by atoms with Crippen LogP contribution in [0, 0.1) is 5.92 Å². The second kappa shape index (κ2) is 7.79. The number of amides is 1. The molecule has 5 nitrogen and oxygen atoms in total. The molecule has 1 aliphatic carbocycles. The molecule has 2 fully saturated rings. The Hall–Kier alpha value is -1.59. The summed E-state index contributed by atoms with van der Waals surface area (Å²) in [5, 5.41) is 6.52. The maximum absolute atomic E-state index is 12.5. The Kier molecular flexibility index (Phi) is 5.51. The number of nitrogens with one attached hydrogen (secondary N) is 2. The number of hydrogen-bond donors (Lipinski definition) is 2. The summed E-state index contributed by atoms with van der Waals surface area (Å²) in [7, 11) is 1.65. The van der Waals surface area contributed by atoms with Gasteiger partial charge in [0.15, 0.2) is 0 Å². The fourth-order valence-electron chi connectivity index (χ4n) is 3.66. The van der Waals surface area contributed by atoms with E-state index in [0.717, 1.165) is 17.9 Å². The first kappa shape index (κ1) is 16.3. The number of benzene rings is 1. The quantitative estimate of drug-likeness (QED) is 0.792. The van der Waals surface area contributed by atoms with Crippen LogP contribution in [0.4, 0.5) is 5.69 Å². The van der Waals surface area contributed by atoms with Crippen molar-refractivity contribution < 1.29 is 14.3 Å². The Morgan fingerprint density at radius 1 is 1.30 bits per heavy atom. The van der Waals surface area contributed by atoms with Gasteiger partial charge in [-0.25, -0.2) is 0 Å². The average Bonchev–Trinajstić information content (AvgIpc) is 3.00. The summed E-state index contributed by atoms with van der Waals surface area (Å²) in [5.74, 6) is 1.48. The Morgan fingerprint density at radius 3 is 3.00 bits per heavy atom. The molecule has 0 spiro atoms. The molecule has 1 aromatic carbocycles. The molecule has 0 aromatic heterocycles. The normalized spacial score (nSPS) is 26.6. The van der Waals surface area contributed by atoms with Crippen LogP contribution >= 0.6 is 0 Å². The first-order valence-electron chi connectivity index (χ1n) is 8.55. The maximum Gasteiger partial charge on any atom is 0.241 e. The summed E-state index contributed by atoms with van der Waals surface area (Å²) in [6, 6.07) is 7.98. The summed E-state index contributed by atoms with van der Waals surface area (Å²) < 4.78 is 10.5. The van der Waals surface area contributed by atoms with Crippen molar-refractivity contribution in [2.75, 3.05) is 25.6 Å². The number of fused-ring (bicyclic) bond motifs is 1. The third kappa shape index (κ3) is 4.24. The van der Waals surface area contributed by atoms with E-state index in [4.69, 9.17) is 9.47 Å². The lowest BCUT2D eigenvalue weighted by atomic mass is 9.85. The van der Waals surface area contributed by atoms with Crippen molar-refractivity contribution in [3.8, 4) is 5.75 Å². The molecule has 1 aromatic rings. The van der Waals surface area contributed by atoms with Crippen LogP contribution in [0.25, 0.3) is 0 Å². The van der Waals surface area contributed by atoms with E-state index >= 15 is 0 Å². The largest absolute Gasteiger partial charge is 0.491 e. The number of hydrogen-bond acceptors (Lipinski definition) is 4. The highest BCUT2D eigenvalue weighted by molar-refractivity contribution is 5.95. The van der Waals surface area contributed by atoms with Gasteiger partial charge in [-0.2, -0.15) is 0 Å². The molecule has 3 atom stereocenters.